The summed E-state index contributed by atoms with van der Waals surface area (Å²) >= 11 is 0. The zero-order valence-corrected chi connectivity index (χ0v) is 19.3. The van der Waals surface area contributed by atoms with Crippen LogP contribution in [0.15, 0.2) is 12.1 Å². The summed E-state index contributed by atoms with van der Waals surface area (Å²) in [6.45, 7) is 0. The summed E-state index contributed by atoms with van der Waals surface area (Å²) < 4.78 is 11.3. The summed E-state index contributed by atoms with van der Waals surface area (Å²) in [6, 6.07) is 3.35. The summed E-state index contributed by atoms with van der Waals surface area (Å²) in [5, 5.41) is 8.03. The van der Waals surface area contributed by atoms with Gasteiger partial charge in [0.05, 0.1) is 0 Å². The lowest BCUT2D eigenvalue weighted by Crippen LogP contribution is -2.19. The maximum atomic E-state index is 5.67. The molecule has 0 bridgehead atoms. The fourth-order valence-corrected chi connectivity index (χ4v) is 2.17. The van der Waals surface area contributed by atoms with Crippen LogP contribution in [0.5, 0.6) is 23.8 Å². The van der Waals surface area contributed by atoms with E-state index in [0.717, 1.165) is 0 Å². The molecule has 0 aliphatic heterocycles. The first-order chi connectivity index (χ1) is 15.1. The van der Waals surface area contributed by atoms with Gasteiger partial charge in [-0.25, -0.2) is 0 Å². The average Bonchev–Trinajstić information content (AvgIpc) is 2.74. The van der Waals surface area contributed by atoms with E-state index in [1.165, 1.54) is 0 Å². The largest absolute Gasteiger partial charge is 0.403 e. The molecule has 0 saturated carbocycles. The van der Waals surface area contributed by atoms with Gasteiger partial charge >= 0.3 is 12.0 Å². The van der Waals surface area contributed by atoms with Crippen molar-refractivity contribution in [2.45, 2.75) is 0 Å². The fraction of sp³-hybridized carbons (Fsp3) is 0.444. The van der Waals surface area contributed by atoms with Gasteiger partial charge in [-0.05, 0) is 0 Å². The Balaban J connectivity index is 1.79. The lowest BCUT2D eigenvalue weighted by molar-refractivity contribution is 0.392. The van der Waals surface area contributed by atoms with Gasteiger partial charge in [-0.3, -0.25) is 0 Å². The normalized spacial score (nSPS) is 10.5. The molecule has 3 aromatic rings. The third-order valence-corrected chi connectivity index (χ3v) is 3.79. The number of aromatic nitrogens is 8. The average molecular weight is 442 g/mol. The molecule has 3 heterocycles. The zero-order chi connectivity index (χ0) is 23.4. The van der Waals surface area contributed by atoms with E-state index in [0.29, 0.717) is 23.8 Å². The van der Waals surface area contributed by atoms with Crippen molar-refractivity contribution in [2.24, 2.45) is 0 Å². The Kier molecular flexibility index (Phi) is 6.61. The molecule has 0 unspecified atom stereocenters. The van der Waals surface area contributed by atoms with Crippen LogP contribution in [0, 0.1) is 0 Å². The van der Waals surface area contributed by atoms with Gasteiger partial charge in [0.25, 0.3) is 0 Å². The summed E-state index contributed by atoms with van der Waals surface area (Å²) in [6.07, 6.45) is 0. The molecule has 170 valence electrons. The zero-order valence-electron chi connectivity index (χ0n) is 19.3. The first-order valence-corrected chi connectivity index (χ1v) is 9.53. The summed E-state index contributed by atoms with van der Waals surface area (Å²) in [7, 11) is 14.6. The molecule has 0 atom stereocenters. The highest BCUT2D eigenvalue weighted by atomic mass is 16.5. The van der Waals surface area contributed by atoms with Gasteiger partial charge in [0, 0.05) is 68.5 Å². The molecular formula is C18H26N12O2. The Hall–Kier alpha value is -4.10. The van der Waals surface area contributed by atoms with E-state index < -0.39 is 0 Å². The van der Waals surface area contributed by atoms with Crippen LogP contribution in [0.4, 0.5) is 23.8 Å². The van der Waals surface area contributed by atoms with E-state index in [1.807, 2.05) is 56.4 Å². The highest BCUT2D eigenvalue weighted by molar-refractivity contribution is 5.39. The second-order valence-corrected chi connectivity index (χ2v) is 7.43. The third kappa shape index (κ3) is 5.53. The minimum absolute atomic E-state index is 0.0964. The van der Waals surface area contributed by atoms with Gasteiger partial charge in [-0.1, -0.05) is 0 Å². The maximum Gasteiger partial charge on any atom is 0.330 e. The Bertz CT molecular complexity index is 919. The van der Waals surface area contributed by atoms with Crippen molar-refractivity contribution >= 4 is 23.8 Å². The van der Waals surface area contributed by atoms with Crippen molar-refractivity contribution in [3.8, 4) is 23.8 Å². The molecule has 0 fully saturated rings. The third-order valence-electron chi connectivity index (χ3n) is 3.79. The van der Waals surface area contributed by atoms with Crippen LogP contribution in [0.2, 0.25) is 0 Å². The van der Waals surface area contributed by atoms with E-state index in [4.69, 9.17) is 9.47 Å². The molecular weight excluding hydrogens is 416 g/mol. The lowest BCUT2D eigenvalue weighted by Gasteiger charge is -2.16. The van der Waals surface area contributed by atoms with Crippen molar-refractivity contribution in [1.29, 1.82) is 0 Å². The van der Waals surface area contributed by atoms with Gasteiger partial charge in [-0.15, -0.1) is 10.2 Å². The minimum atomic E-state index is 0.0964. The number of hydrogen-bond acceptors (Lipinski definition) is 14. The Morgan fingerprint density at radius 2 is 0.750 bits per heavy atom. The lowest BCUT2D eigenvalue weighted by atomic mass is 10.5. The van der Waals surface area contributed by atoms with Crippen LogP contribution >= 0.6 is 0 Å². The molecule has 0 aromatic carbocycles. The quantitative estimate of drug-likeness (QED) is 0.484. The van der Waals surface area contributed by atoms with Gasteiger partial charge in [0.15, 0.2) is 0 Å². The van der Waals surface area contributed by atoms with Crippen molar-refractivity contribution in [1.82, 2.24) is 40.1 Å². The van der Waals surface area contributed by atoms with Crippen molar-refractivity contribution in [3.05, 3.63) is 12.1 Å². The molecule has 32 heavy (non-hydrogen) atoms. The van der Waals surface area contributed by atoms with Crippen molar-refractivity contribution in [3.63, 3.8) is 0 Å². The molecule has 0 saturated heterocycles. The standard InChI is InChI=1S/C18H26N12O2/c1-27(2)13-19-14(28(3)4)22-17(21-13)31-11-9-10-12(26-25-11)32-18-23-15(29(5)6)20-16(24-18)30(7)8/h9-10H,1-8H3. The van der Waals surface area contributed by atoms with Crippen LogP contribution in [-0.2, 0) is 0 Å². The maximum absolute atomic E-state index is 5.67. The van der Waals surface area contributed by atoms with E-state index in [9.17, 15) is 0 Å². The number of rotatable bonds is 8. The highest BCUT2D eigenvalue weighted by Crippen LogP contribution is 2.23. The molecule has 3 rings (SSSR count). The fourth-order valence-electron chi connectivity index (χ4n) is 2.17. The summed E-state index contributed by atoms with van der Waals surface area (Å²) in [5.41, 5.74) is 0. The SMILES string of the molecule is CN(C)c1nc(Oc2ccc(Oc3nc(N(C)C)nc(N(C)C)n3)nn2)nc(N(C)C)n1. The first kappa shape index (κ1) is 22.6. The van der Waals surface area contributed by atoms with Crippen LogP contribution in [0.1, 0.15) is 0 Å². The number of anilines is 4. The molecule has 0 spiro atoms. The number of hydrogen-bond donors (Lipinski definition) is 0. The minimum Gasteiger partial charge on any atom is -0.403 e. The molecule has 0 aliphatic rings. The van der Waals surface area contributed by atoms with Crippen LogP contribution in [0.25, 0.3) is 0 Å². The molecule has 0 radical (unpaired) electrons. The summed E-state index contributed by atoms with van der Waals surface area (Å²) in [4.78, 5) is 32.8. The Morgan fingerprint density at radius 3 is 0.969 bits per heavy atom. The predicted molar refractivity (Wildman–Crippen MR) is 119 cm³/mol. The Labute approximate surface area is 185 Å². The second-order valence-electron chi connectivity index (χ2n) is 7.43. The van der Waals surface area contributed by atoms with Gasteiger partial charge in [0.1, 0.15) is 0 Å². The van der Waals surface area contributed by atoms with Crippen molar-refractivity contribution in [2.75, 3.05) is 76.0 Å². The van der Waals surface area contributed by atoms with Crippen molar-refractivity contribution < 1.29 is 9.47 Å². The smallest absolute Gasteiger partial charge is 0.330 e. The second kappa shape index (κ2) is 9.36. The highest BCUT2D eigenvalue weighted by Gasteiger charge is 2.14. The monoisotopic (exact) mass is 442 g/mol. The first-order valence-electron chi connectivity index (χ1n) is 9.53. The van der Waals surface area contributed by atoms with E-state index in [1.54, 1.807) is 31.7 Å². The van der Waals surface area contributed by atoms with Crippen LogP contribution < -0.4 is 29.1 Å². The van der Waals surface area contributed by atoms with Crippen LogP contribution in [0.3, 0.4) is 0 Å². The number of ether oxygens (including phenoxy) is 2. The molecule has 0 aliphatic carbocycles. The van der Waals surface area contributed by atoms with Gasteiger partial charge in [0.2, 0.25) is 35.6 Å². The molecule has 0 amide bonds. The molecule has 0 N–H and O–H groups in total. The van der Waals surface area contributed by atoms with Gasteiger partial charge in [-0.2, -0.15) is 29.9 Å². The van der Waals surface area contributed by atoms with E-state index in [-0.39, 0.29) is 23.8 Å². The van der Waals surface area contributed by atoms with Crippen LogP contribution in [-0.4, -0.2) is 96.5 Å². The Morgan fingerprint density at radius 1 is 0.469 bits per heavy atom. The molecule has 14 heteroatoms. The topological polar surface area (TPSA) is 135 Å². The summed E-state index contributed by atoms with van der Waals surface area (Å²) in [5.74, 6) is 2.20. The molecule has 14 nitrogen and oxygen atoms in total. The van der Waals surface area contributed by atoms with E-state index in [2.05, 4.69) is 40.1 Å². The number of nitrogens with zero attached hydrogens (tertiary/aromatic N) is 12. The molecule has 3 aromatic heterocycles. The van der Waals surface area contributed by atoms with Gasteiger partial charge < -0.3 is 29.1 Å². The van der Waals surface area contributed by atoms with E-state index >= 15 is 0 Å². The predicted octanol–water partition coefficient (Wildman–Crippen LogP) is 0.695.